The minimum absolute atomic E-state index is 0.923. The van der Waals surface area contributed by atoms with Crippen LogP contribution < -0.4 is 0 Å². The van der Waals surface area contributed by atoms with Gasteiger partial charge in [-0.05, 0) is 11.4 Å². The fourth-order valence-electron chi connectivity index (χ4n) is 1.35. The van der Waals surface area contributed by atoms with Gasteiger partial charge in [0.1, 0.15) is 16.8 Å². The molecule has 0 saturated carbocycles. The molecule has 0 saturated heterocycles. The zero-order valence-electron chi connectivity index (χ0n) is 6.11. The average molecular weight is 175 g/mol. The molecule has 0 aliphatic carbocycles. The van der Waals surface area contributed by atoms with Crippen molar-refractivity contribution >= 4 is 32.6 Å². The number of aromatic nitrogens is 3. The number of nitrogens with one attached hydrogen (secondary N) is 1. The van der Waals surface area contributed by atoms with E-state index in [1.165, 1.54) is 10.2 Å². The summed E-state index contributed by atoms with van der Waals surface area (Å²) < 4.78 is 0. The van der Waals surface area contributed by atoms with Crippen LogP contribution in [0.2, 0.25) is 0 Å². The zero-order chi connectivity index (χ0) is 7.97. The number of rotatable bonds is 0. The Kier molecular flexibility index (Phi) is 1.04. The molecule has 12 heavy (non-hydrogen) atoms. The lowest BCUT2D eigenvalue weighted by Gasteiger charge is -1.83. The summed E-state index contributed by atoms with van der Waals surface area (Å²) in [4.78, 5) is 12.5. The molecule has 0 atom stereocenters. The van der Waals surface area contributed by atoms with Gasteiger partial charge < -0.3 is 4.98 Å². The SMILES string of the molecule is c1ncc2c(n1)[nH]c1sccc12. The molecule has 0 amide bonds. The summed E-state index contributed by atoms with van der Waals surface area (Å²) in [7, 11) is 0. The molecule has 0 bridgehead atoms. The van der Waals surface area contributed by atoms with Crippen LogP contribution in [0, 0.1) is 0 Å². The quantitative estimate of drug-likeness (QED) is 0.569. The summed E-state index contributed by atoms with van der Waals surface area (Å²) in [6.45, 7) is 0. The molecule has 0 spiro atoms. The first-order valence-corrected chi connectivity index (χ1v) is 4.48. The van der Waals surface area contributed by atoms with Gasteiger partial charge in [0.25, 0.3) is 0 Å². The number of hydrogen-bond donors (Lipinski definition) is 1. The van der Waals surface area contributed by atoms with E-state index in [2.05, 4.69) is 26.4 Å². The first-order chi connectivity index (χ1) is 5.95. The summed E-state index contributed by atoms with van der Waals surface area (Å²) in [5, 5.41) is 4.39. The molecular weight excluding hydrogens is 170 g/mol. The number of nitrogens with zero attached hydrogens (tertiary/aromatic N) is 2. The van der Waals surface area contributed by atoms with Crippen LogP contribution in [-0.2, 0) is 0 Å². The Morgan fingerprint density at radius 3 is 3.33 bits per heavy atom. The van der Waals surface area contributed by atoms with Gasteiger partial charge in [-0.2, -0.15) is 0 Å². The van der Waals surface area contributed by atoms with Crippen molar-refractivity contribution < 1.29 is 0 Å². The van der Waals surface area contributed by atoms with Gasteiger partial charge in [-0.15, -0.1) is 11.3 Å². The molecule has 0 fully saturated rings. The third kappa shape index (κ3) is 0.648. The van der Waals surface area contributed by atoms with Gasteiger partial charge in [0, 0.05) is 17.0 Å². The predicted molar refractivity (Wildman–Crippen MR) is 49.3 cm³/mol. The second kappa shape index (κ2) is 2.04. The maximum Gasteiger partial charge on any atom is 0.142 e. The first kappa shape index (κ1) is 6.14. The highest BCUT2D eigenvalue weighted by Crippen LogP contribution is 2.26. The minimum Gasteiger partial charge on any atom is -0.331 e. The minimum atomic E-state index is 0.923. The van der Waals surface area contributed by atoms with Crippen LogP contribution in [0.1, 0.15) is 0 Å². The Bertz CT molecular complexity index is 536. The standard InChI is InChI=1S/C8H5N3S/c1-2-12-8-5(1)6-3-9-4-10-7(6)11-8/h1-4H,(H,9,10,11). The highest BCUT2D eigenvalue weighted by atomic mass is 32.1. The van der Waals surface area contributed by atoms with Gasteiger partial charge in [-0.3, -0.25) is 0 Å². The molecular formula is C8H5N3S. The fourth-order valence-corrected chi connectivity index (χ4v) is 2.15. The lowest BCUT2D eigenvalue weighted by molar-refractivity contribution is 1.21. The smallest absolute Gasteiger partial charge is 0.142 e. The molecule has 0 unspecified atom stereocenters. The van der Waals surface area contributed by atoms with Crippen molar-refractivity contribution in [1.29, 1.82) is 0 Å². The van der Waals surface area contributed by atoms with Gasteiger partial charge in [-0.25, -0.2) is 9.97 Å². The highest BCUT2D eigenvalue weighted by molar-refractivity contribution is 7.17. The second-order valence-corrected chi connectivity index (χ2v) is 3.49. The number of H-pyrrole nitrogens is 1. The first-order valence-electron chi connectivity index (χ1n) is 3.60. The van der Waals surface area contributed by atoms with Crippen molar-refractivity contribution in [1.82, 2.24) is 15.0 Å². The highest BCUT2D eigenvalue weighted by Gasteiger charge is 2.04. The lowest BCUT2D eigenvalue weighted by atomic mass is 10.3. The van der Waals surface area contributed by atoms with E-state index in [1.54, 1.807) is 17.7 Å². The number of fused-ring (bicyclic) bond motifs is 3. The second-order valence-electron chi connectivity index (χ2n) is 2.57. The topological polar surface area (TPSA) is 41.6 Å². The van der Waals surface area contributed by atoms with Crippen molar-refractivity contribution in [3.05, 3.63) is 24.0 Å². The Morgan fingerprint density at radius 2 is 2.33 bits per heavy atom. The molecule has 0 radical (unpaired) electrons. The van der Waals surface area contributed by atoms with E-state index in [0.717, 1.165) is 11.0 Å². The summed E-state index contributed by atoms with van der Waals surface area (Å²) in [6, 6.07) is 2.09. The van der Waals surface area contributed by atoms with Crippen molar-refractivity contribution in [2.75, 3.05) is 0 Å². The number of thiophene rings is 1. The maximum absolute atomic E-state index is 4.13. The number of aromatic amines is 1. The van der Waals surface area contributed by atoms with Gasteiger partial charge in [0.05, 0.1) is 0 Å². The molecule has 3 heterocycles. The molecule has 3 aromatic rings. The average Bonchev–Trinajstić information content (AvgIpc) is 2.62. The summed E-state index contributed by atoms with van der Waals surface area (Å²) in [5.74, 6) is 0. The molecule has 0 aliphatic rings. The van der Waals surface area contributed by atoms with Gasteiger partial charge >= 0.3 is 0 Å². The van der Waals surface area contributed by atoms with Gasteiger partial charge in [-0.1, -0.05) is 0 Å². The van der Waals surface area contributed by atoms with E-state index in [9.17, 15) is 0 Å². The van der Waals surface area contributed by atoms with E-state index in [-0.39, 0.29) is 0 Å². The van der Waals surface area contributed by atoms with Crippen LogP contribution in [0.15, 0.2) is 24.0 Å². The third-order valence-electron chi connectivity index (χ3n) is 1.90. The van der Waals surface area contributed by atoms with Crippen molar-refractivity contribution in [3.8, 4) is 0 Å². The molecule has 3 aromatic heterocycles. The van der Waals surface area contributed by atoms with Crippen LogP contribution in [0.25, 0.3) is 21.3 Å². The molecule has 3 rings (SSSR count). The predicted octanol–water partition coefficient (Wildman–Crippen LogP) is 2.17. The van der Waals surface area contributed by atoms with Gasteiger partial charge in [0.2, 0.25) is 0 Å². The Morgan fingerprint density at radius 1 is 1.33 bits per heavy atom. The largest absolute Gasteiger partial charge is 0.331 e. The Hall–Kier alpha value is -1.42. The Balaban J connectivity index is 2.68. The van der Waals surface area contributed by atoms with E-state index in [1.807, 2.05) is 6.20 Å². The normalized spacial score (nSPS) is 11.3. The molecule has 58 valence electrons. The third-order valence-corrected chi connectivity index (χ3v) is 2.73. The van der Waals surface area contributed by atoms with Crippen LogP contribution >= 0.6 is 11.3 Å². The van der Waals surface area contributed by atoms with Crippen molar-refractivity contribution in [2.45, 2.75) is 0 Å². The van der Waals surface area contributed by atoms with E-state index >= 15 is 0 Å². The van der Waals surface area contributed by atoms with E-state index in [0.29, 0.717) is 0 Å². The molecule has 0 aromatic carbocycles. The monoisotopic (exact) mass is 175 g/mol. The van der Waals surface area contributed by atoms with Crippen molar-refractivity contribution in [2.24, 2.45) is 0 Å². The van der Waals surface area contributed by atoms with Crippen LogP contribution in [-0.4, -0.2) is 15.0 Å². The summed E-state index contributed by atoms with van der Waals surface area (Å²) in [5.41, 5.74) is 0.923. The van der Waals surface area contributed by atoms with Crippen molar-refractivity contribution in [3.63, 3.8) is 0 Å². The summed E-state index contributed by atoms with van der Waals surface area (Å²) in [6.07, 6.45) is 3.40. The Labute approximate surface area is 72.1 Å². The van der Waals surface area contributed by atoms with Crippen LogP contribution in [0.5, 0.6) is 0 Å². The van der Waals surface area contributed by atoms with E-state index < -0.39 is 0 Å². The van der Waals surface area contributed by atoms with Crippen LogP contribution in [0.3, 0.4) is 0 Å². The fraction of sp³-hybridized carbons (Fsp3) is 0. The molecule has 3 nitrogen and oxygen atoms in total. The lowest BCUT2D eigenvalue weighted by Crippen LogP contribution is -1.76. The van der Waals surface area contributed by atoms with E-state index in [4.69, 9.17) is 0 Å². The van der Waals surface area contributed by atoms with Crippen LogP contribution in [0.4, 0.5) is 0 Å². The number of hydrogen-bond acceptors (Lipinski definition) is 3. The molecule has 4 heteroatoms. The summed E-state index contributed by atoms with van der Waals surface area (Å²) >= 11 is 1.69. The molecule has 1 N–H and O–H groups in total. The van der Waals surface area contributed by atoms with Gasteiger partial charge in [0.15, 0.2) is 0 Å². The maximum atomic E-state index is 4.13. The molecule has 0 aliphatic heterocycles. The zero-order valence-corrected chi connectivity index (χ0v) is 6.93.